The molecule has 0 saturated heterocycles. The molecule has 0 atom stereocenters. The molecule has 0 unspecified atom stereocenters. The molecule has 274 valence electrons. The molecule has 2 aliphatic heterocycles. The summed E-state index contributed by atoms with van der Waals surface area (Å²) in [6.45, 7) is 13.1. The van der Waals surface area contributed by atoms with Crippen molar-refractivity contribution < 1.29 is 0 Å². The third-order valence-electron chi connectivity index (χ3n) is 11.0. The Morgan fingerprint density at radius 3 is 1.02 bits per heavy atom. The van der Waals surface area contributed by atoms with Crippen LogP contribution in [-0.2, 0) is 0 Å². The molecule has 0 aliphatic carbocycles. The van der Waals surface area contributed by atoms with Gasteiger partial charge in [0.2, 0.25) is 0 Å². The van der Waals surface area contributed by atoms with Crippen molar-refractivity contribution in [2.45, 2.75) is 41.5 Å². The normalized spacial score (nSPS) is 12.1. The van der Waals surface area contributed by atoms with Crippen molar-refractivity contribution in [1.29, 1.82) is 0 Å². The SMILES string of the molecule is Cc1cc(C)c(-c2c3nc(c(-c4ccc(N)cc4)c4ccc([nH]4)c(-c4c(C)cc(C)cc4C)c4ccc([nH]4)c(-c4ccc(N)cc4)c4nc2C=C4)C=C3)c(C)c1. The van der Waals surface area contributed by atoms with E-state index in [1.807, 2.05) is 24.3 Å². The van der Waals surface area contributed by atoms with Crippen molar-refractivity contribution >= 4 is 57.7 Å². The Labute approximate surface area is 327 Å². The Morgan fingerprint density at radius 2 is 0.661 bits per heavy atom. The minimum Gasteiger partial charge on any atom is -0.399 e. The predicted molar refractivity (Wildman–Crippen MR) is 238 cm³/mol. The number of aromatic amines is 2. The van der Waals surface area contributed by atoms with Crippen molar-refractivity contribution in [3.05, 3.63) is 153 Å². The number of hydrogen-bond acceptors (Lipinski definition) is 4. The van der Waals surface area contributed by atoms with Crippen molar-refractivity contribution in [3.63, 3.8) is 0 Å². The minimum absolute atomic E-state index is 0.712. The molecule has 2 aliphatic rings. The van der Waals surface area contributed by atoms with E-state index in [-0.39, 0.29) is 0 Å². The summed E-state index contributed by atoms with van der Waals surface area (Å²) in [7, 11) is 0. The van der Waals surface area contributed by atoms with E-state index in [9.17, 15) is 0 Å². The topological polar surface area (TPSA) is 109 Å². The maximum atomic E-state index is 6.22. The zero-order valence-corrected chi connectivity index (χ0v) is 32.6. The second-order valence-corrected chi connectivity index (χ2v) is 15.3. The number of nitrogens with two attached hydrogens (primary N) is 2. The first-order valence-corrected chi connectivity index (χ1v) is 19.1. The molecular formula is C50H44N6. The Bertz CT molecular complexity index is 2780. The van der Waals surface area contributed by atoms with Crippen molar-refractivity contribution in [3.8, 4) is 44.5 Å². The van der Waals surface area contributed by atoms with Gasteiger partial charge in [-0.25, -0.2) is 9.97 Å². The monoisotopic (exact) mass is 728 g/mol. The summed E-state index contributed by atoms with van der Waals surface area (Å²) in [5, 5.41) is 0. The van der Waals surface area contributed by atoms with Gasteiger partial charge in [-0.3, -0.25) is 0 Å². The molecule has 6 heteroatoms. The second-order valence-electron chi connectivity index (χ2n) is 15.3. The number of aryl methyl sites for hydroxylation is 6. The summed E-state index contributed by atoms with van der Waals surface area (Å²) >= 11 is 0. The number of nitrogens with one attached hydrogen (secondary N) is 2. The molecule has 0 radical (unpaired) electrons. The van der Waals surface area contributed by atoms with Crippen LogP contribution in [0.25, 0.3) is 90.9 Å². The van der Waals surface area contributed by atoms with Gasteiger partial charge in [-0.15, -0.1) is 0 Å². The molecule has 5 heterocycles. The minimum atomic E-state index is 0.712. The molecule has 0 saturated carbocycles. The Balaban J connectivity index is 1.51. The molecule has 56 heavy (non-hydrogen) atoms. The van der Waals surface area contributed by atoms with Gasteiger partial charge in [-0.05, 0) is 159 Å². The largest absolute Gasteiger partial charge is 0.399 e. The summed E-state index contributed by atoms with van der Waals surface area (Å²) < 4.78 is 0. The van der Waals surface area contributed by atoms with Crippen LogP contribution in [0.3, 0.4) is 0 Å². The van der Waals surface area contributed by atoms with Gasteiger partial charge in [0, 0.05) is 55.7 Å². The van der Waals surface area contributed by atoms with Gasteiger partial charge in [-0.2, -0.15) is 0 Å². The van der Waals surface area contributed by atoms with Gasteiger partial charge in [-0.1, -0.05) is 59.7 Å². The highest BCUT2D eigenvalue weighted by molar-refractivity contribution is 6.01. The lowest BCUT2D eigenvalue weighted by Gasteiger charge is -2.14. The maximum Gasteiger partial charge on any atom is 0.0738 e. The van der Waals surface area contributed by atoms with Crippen LogP contribution in [-0.4, -0.2) is 19.9 Å². The number of hydrogen-bond donors (Lipinski definition) is 4. The third-order valence-corrected chi connectivity index (χ3v) is 11.0. The summed E-state index contributed by atoms with van der Waals surface area (Å²) in [6, 6.07) is 33.8. The second kappa shape index (κ2) is 13.4. The van der Waals surface area contributed by atoms with Crippen LogP contribution >= 0.6 is 0 Å². The van der Waals surface area contributed by atoms with Gasteiger partial charge in [0.05, 0.1) is 22.8 Å². The number of anilines is 2. The molecule has 4 aromatic carbocycles. The fourth-order valence-electron chi connectivity index (χ4n) is 8.79. The number of benzene rings is 4. The predicted octanol–water partition coefficient (Wildman–Crippen LogP) is 12.3. The average molecular weight is 729 g/mol. The molecule has 0 fully saturated rings. The summed E-state index contributed by atoms with van der Waals surface area (Å²) in [4.78, 5) is 18.7. The standard InChI is InChI=1S/C50H44N6/c1-27-23-29(3)45(30(4)24-27)49-41-19-15-37(53-41)47(33-7-11-35(51)12-8-33)39-17-21-43(55-39)50(46-31(5)25-28(2)26-32(46)6)44-22-18-40(56-44)48(38-16-20-42(49)54-38)34-9-13-36(52)14-10-34/h7-26,53-54H,51-52H2,1-6H3. The molecule has 6 nitrogen and oxygen atoms in total. The maximum absolute atomic E-state index is 6.22. The van der Waals surface area contributed by atoms with Gasteiger partial charge in [0.15, 0.2) is 0 Å². The van der Waals surface area contributed by atoms with E-state index in [4.69, 9.17) is 21.4 Å². The first-order valence-electron chi connectivity index (χ1n) is 19.1. The number of nitrogens with zero attached hydrogens (tertiary/aromatic N) is 2. The zero-order chi connectivity index (χ0) is 38.8. The fraction of sp³-hybridized carbons (Fsp3) is 0.120. The highest BCUT2D eigenvalue weighted by Gasteiger charge is 2.22. The van der Waals surface area contributed by atoms with E-state index in [0.717, 1.165) is 83.8 Å². The Morgan fingerprint density at radius 1 is 0.357 bits per heavy atom. The lowest BCUT2D eigenvalue weighted by atomic mass is 9.92. The number of fused-ring (bicyclic) bond motifs is 8. The number of nitrogen functional groups attached to an aromatic ring is 2. The first kappa shape index (κ1) is 34.8. The van der Waals surface area contributed by atoms with Crippen LogP contribution in [0, 0.1) is 41.5 Å². The molecule has 7 aromatic rings. The van der Waals surface area contributed by atoms with Gasteiger partial charge in [0.25, 0.3) is 0 Å². The van der Waals surface area contributed by atoms with Gasteiger partial charge < -0.3 is 21.4 Å². The van der Waals surface area contributed by atoms with E-state index in [2.05, 4.69) is 149 Å². The molecule has 0 spiro atoms. The smallest absolute Gasteiger partial charge is 0.0738 e. The van der Waals surface area contributed by atoms with Crippen LogP contribution in [0.5, 0.6) is 0 Å². The van der Waals surface area contributed by atoms with E-state index in [1.54, 1.807) is 0 Å². The van der Waals surface area contributed by atoms with Crippen molar-refractivity contribution in [1.82, 2.24) is 19.9 Å². The number of H-pyrrole nitrogens is 2. The van der Waals surface area contributed by atoms with E-state index in [1.165, 1.54) is 38.9 Å². The first-order chi connectivity index (χ1) is 27.0. The quantitative estimate of drug-likeness (QED) is 0.135. The summed E-state index contributed by atoms with van der Waals surface area (Å²) in [6.07, 6.45) is 8.53. The molecular weight excluding hydrogens is 685 g/mol. The summed E-state index contributed by atoms with van der Waals surface area (Å²) in [5.41, 5.74) is 36.9. The lowest BCUT2D eigenvalue weighted by molar-refractivity contribution is 1.25. The molecule has 0 amide bonds. The van der Waals surface area contributed by atoms with Crippen LogP contribution in [0.4, 0.5) is 11.4 Å². The van der Waals surface area contributed by atoms with E-state index in [0.29, 0.717) is 11.4 Å². The Kier molecular flexibility index (Phi) is 8.35. The molecule has 6 N–H and O–H groups in total. The highest BCUT2D eigenvalue weighted by Crippen LogP contribution is 2.41. The number of aromatic nitrogens is 4. The van der Waals surface area contributed by atoms with Crippen molar-refractivity contribution in [2.75, 3.05) is 11.5 Å². The highest BCUT2D eigenvalue weighted by atomic mass is 14.8. The summed E-state index contributed by atoms with van der Waals surface area (Å²) in [5.74, 6) is 0. The third kappa shape index (κ3) is 6.00. The van der Waals surface area contributed by atoms with Crippen LogP contribution < -0.4 is 11.5 Å². The number of rotatable bonds is 4. The average Bonchev–Trinajstić information content (AvgIpc) is 3.99. The van der Waals surface area contributed by atoms with Gasteiger partial charge >= 0.3 is 0 Å². The molecule has 3 aromatic heterocycles. The van der Waals surface area contributed by atoms with Crippen molar-refractivity contribution in [2.24, 2.45) is 0 Å². The molecule has 9 rings (SSSR count). The fourth-order valence-corrected chi connectivity index (χ4v) is 8.79. The zero-order valence-electron chi connectivity index (χ0n) is 32.6. The van der Waals surface area contributed by atoms with Crippen LogP contribution in [0.2, 0.25) is 0 Å². The van der Waals surface area contributed by atoms with Crippen LogP contribution in [0.1, 0.15) is 56.2 Å². The van der Waals surface area contributed by atoms with Gasteiger partial charge in [0.1, 0.15) is 0 Å². The van der Waals surface area contributed by atoms with E-state index < -0.39 is 0 Å². The van der Waals surface area contributed by atoms with Crippen LogP contribution in [0.15, 0.2) is 97.1 Å². The van der Waals surface area contributed by atoms with E-state index >= 15 is 0 Å². The lowest BCUT2D eigenvalue weighted by Crippen LogP contribution is -1.96. The molecule has 8 bridgehead atoms. The Hall–Kier alpha value is -6.92.